The van der Waals surface area contributed by atoms with E-state index in [0.717, 1.165) is 30.4 Å². The van der Waals surface area contributed by atoms with Crippen LogP contribution in [0, 0.1) is 0 Å². The third kappa shape index (κ3) is 9.90. The number of hydrogen-bond donors (Lipinski definition) is 2. The van der Waals surface area contributed by atoms with Crippen LogP contribution in [0.2, 0.25) is 0 Å². The molecule has 0 aromatic heterocycles. The highest BCUT2D eigenvalue weighted by atomic mass is 16.5. The molecule has 1 rings (SSSR count). The second kappa shape index (κ2) is 12.8. The Kier molecular flexibility index (Phi) is 11.2. The van der Waals surface area contributed by atoms with Crippen molar-refractivity contribution in [3.8, 4) is 5.75 Å². The maximum absolute atomic E-state index is 11.4. The number of Topliss-reactive ketones (excluding diaryl/α,β-unsaturated/α-hetero) is 1. The second-order valence-electron chi connectivity index (χ2n) is 7.11. The lowest BCUT2D eigenvalue weighted by molar-refractivity contribution is -0.116. The van der Waals surface area contributed by atoms with Crippen molar-refractivity contribution in [3.63, 3.8) is 0 Å². The van der Waals surface area contributed by atoms with Gasteiger partial charge in [-0.3, -0.25) is 4.79 Å². The fourth-order valence-electron chi connectivity index (χ4n) is 2.54. The number of ether oxygens (including phenoxy) is 2. The van der Waals surface area contributed by atoms with E-state index in [1.807, 2.05) is 32.0 Å². The molecule has 0 radical (unpaired) electrons. The lowest BCUT2D eigenvalue weighted by atomic mass is 10.1. The van der Waals surface area contributed by atoms with E-state index in [2.05, 4.69) is 12.2 Å². The average molecular weight is 366 g/mol. The van der Waals surface area contributed by atoms with Crippen LogP contribution in [0.15, 0.2) is 18.2 Å². The molecule has 0 bridgehead atoms. The maximum Gasteiger partial charge on any atom is 0.134 e. The van der Waals surface area contributed by atoms with E-state index < -0.39 is 6.10 Å². The first-order chi connectivity index (χ1) is 12.4. The van der Waals surface area contributed by atoms with Gasteiger partial charge in [-0.05, 0) is 31.0 Å². The van der Waals surface area contributed by atoms with Crippen LogP contribution in [0.5, 0.6) is 5.75 Å². The molecule has 0 aliphatic rings. The Hall–Kier alpha value is -1.43. The highest BCUT2D eigenvalue weighted by molar-refractivity contribution is 5.78. The van der Waals surface area contributed by atoms with Gasteiger partial charge in [0, 0.05) is 31.2 Å². The molecule has 2 N–H and O–H groups in total. The molecule has 1 aromatic rings. The largest absolute Gasteiger partial charge is 0.490 e. The molecule has 0 spiro atoms. The highest BCUT2D eigenvalue weighted by Gasteiger charge is 2.11. The minimum atomic E-state index is -0.576. The molecule has 0 saturated carbocycles. The molecule has 1 unspecified atom stereocenters. The molecule has 0 amide bonds. The van der Waals surface area contributed by atoms with Gasteiger partial charge in [0.05, 0.1) is 6.61 Å². The van der Waals surface area contributed by atoms with Crippen LogP contribution in [0.3, 0.4) is 0 Å². The van der Waals surface area contributed by atoms with E-state index in [1.165, 1.54) is 0 Å². The van der Waals surface area contributed by atoms with Crippen LogP contribution in [-0.2, 0) is 22.6 Å². The Morgan fingerprint density at radius 1 is 1.27 bits per heavy atom. The van der Waals surface area contributed by atoms with Crippen LogP contribution in [0.25, 0.3) is 0 Å². The van der Waals surface area contributed by atoms with Gasteiger partial charge in [-0.25, -0.2) is 0 Å². The van der Waals surface area contributed by atoms with Crippen LogP contribution in [-0.4, -0.2) is 42.8 Å². The molecule has 26 heavy (non-hydrogen) atoms. The Balaban J connectivity index is 2.66. The van der Waals surface area contributed by atoms with Crippen molar-refractivity contribution in [2.24, 2.45) is 0 Å². The molecular formula is C21H35NO4. The molecule has 5 nitrogen and oxygen atoms in total. The summed E-state index contributed by atoms with van der Waals surface area (Å²) in [6.07, 6.45) is 3.19. The molecule has 0 aliphatic heterocycles. The van der Waals surface area contributed by atoms with E-state index in [4.69, 9.17) is 9.47 Å². The summed E-state index contributed by atoms with van der Waals surface area (Å²) in [5.41, 5.74) is 1.88. The number of ketones is 1. The molecule has 0 heterocycles. The van der Waals surface area contributed by atoms with Crippen LogP contribution in [0.4, 0.5) is 0 Å². The summed E-state index contributed by atoms with van der Waals surface area (Å²) in [7, 11) is 0. The zero-order chi connectivity index (χ0) is 19.4. The molecule has 1 atom stereocenters. The van der Waals surface area contributed by atoms with E-state index in [1.54, 1.807) is 6.92 Å². The Morgan fingerprint density at radius 2 is 2.04 bits per heavy atom. The van der Waals surface area contributed by atoms with Crippen molar-refractivity contribution in [1.29, 1.82) is 0 Å². The summed E-state index contributed by atoms with van der Waals surface area (Å²) in [5.74, 6) is 0.833. The fraction of sp³-hybridized carbons (Fsp3) is 0.667. The number of unbranched alkanes of at least 4 members (excludes halogenated alkanes) is 2. The van der Waals surface area contributed by atoms with Gasteiger partial charge in [0.15, 0.2) is 0 Å². The summed E-state index contributed by atoms with van der Waals surface area (Å²) in [4.78, 5) is 11.4. The van der Waals surface area contributed by atoms with Gasteiger partial charge in [-0.1, -0.05) is 39.7 Å². The quantitative estimate of drug-likeness (QED) is 0.495. The minimum absolute atomic E-state index is 0.128. The molecular weight excluding hydrogens is 330 g/mol. The molecule has 1 aromatic carbocycles. The standard InChI is InChI=1S/C21H35NO4/c1-5-6-7-10-25-14-19-12-18(11-17(4)23)8-9-21(19)26-15-20(24)13-22-16(2)3/h8-9,12,16,20,22,24H,5-7,10-11,13-15H2,1-4H3. The molecule has 0 saturated heterocycles. The SMILES string of the molecule is CCCCCOCc1cc(CC(C)=O)ccc1OCC(O)CNC(C)C. The van der Waals surface area contributed by atoms with Gasteiger partial charge in [-0.15, -0.1) is 0 Å². The third-order valence-corrected chi connectivity index (χ3v) is 3.92. The van der Waals surface area contributed by atoms with Crippen molar-refractivity contribution in [2.45, 2.75) is 72.1 Å². The predicted octanol–water partition coefficient (Wildman–Crippen LogP) is 3.26. The topological polar surface area (TPSA) is 67.8 Å². The lowest BCUT2D eigenvalue weighted by Gasteiger charge is -2.17. The van der Waals surface area contributed by atoms with Gasteiger partial charge in [-0.2, -0.15) is 0 Å². The number of rotatable bonds is 14. The van der Waals surface area contributed by atoms with Gasteiger partial charge in [0.1, 0.15) is 24.2 Å². The third-order valence-electron chi connectivity index (χ3n) is 3.92. The van der Waals surface area contributed by atoms with Crippen LogP contribution in [0.1, 0.15) is 58.1 Å². The zero-order valence-corrected chi connectivity index (χ0v) is 16.7. The normalized spacial score (nSPS) is 12.4. The first-order valence-electron chi connectivity index (χ1n) is 9.65. The fourth-order valence-corrected chi connectivity index (χ4v) is 2.54. The number of benzene rings is 1. The van der Waals surface area contributed by atoms with Crippen LogP contribution >= 0.6 is 0 Å². The Labute approximate surface area is 158 Å². The van der Waals surface area contributed by atoms with Gasteiger partial charge in [0.2, 0.25) is 0 Å². The first kappa shape index (κ1) is 22.6. The van der Waals surface area contributed by atoms with Crippen molar-refractivity contribution in [3.05, 3.63) is 29.3 Å². The summed E-state index contributed by atoms with van der Waals surface area (Å²) in [5, 5.41) is 13.2. The molecule has 0 aliphatic carbocycles. The van der Waals surface area contributed by atoms with E-state index >= 15 is 0 Å². The van der Waals surface area contributed by atoms with Crippen molar-refractivity contribution < 1.29 is 19.4 Å². The Morgan fingerprint density at radius 3 is 2.69 bits per heavy atom. The molecule has 0 fully saturated rings. The van der Waals surface area contributed by atoms with Crippen molar-refractivity contribution in [1.82, 2.24) is 5.32 Å². The predicted molar refractivity (Wildman–Crippen MR) is 105 cm³/mol. The number of nitrogens with one attached hydrogen (secondary N) is 1. The van der Waals surface area contributed by atoms with Crippen molar-refractivity contribution >= 4 is 5.78 Å². The maximum atomic E-state index is 11.4. The van der Waals surface area contributed by atoms with E-state index in [0.29, 0.717) is 38.0 Å². The monoisotopic (exact) mass is 365 g/mol. The number of aliphatic hydroxyl groups excluding tert-OH is 1. The van der Waals surface area contributed by atoms with E-state index in [-0.39, 0.29) is 12.4 Å². The summed E-state index contributed by atoms with van der Waals surface area (Å²) in [6, 6.07) is 6.05. The van der Waals surface area contributed by atoms with E-state index in [9.17, 15) is 9.90 Å². The first-order valence-corrected chi connectivity index (χ1v) is 9.65. The lowest BCUT2D eigenvalue weighted by Crippen LogP contribution is -2.35. The second-order valence-corrected chi connectivity index (χ2v) is 7.11. The minimum Gasteiger partial charge on any atom is -0.490 e. The van der Waals surface area contributed by atoms with Gasteiger partial charge in [0.25, 0.3) is 0 Å². The smallest absolute Gasteiger partial charge is 0.134 e. The van der Waals surface area contributed by atoms with Crippen LogP contribution < -0.4 is 10.1 Å². The van der Waals surface area contributed by atoms with Gasteiger partial charge < -0.3 is 19.9 Å². The zero-order valence-electron chi connectivity index (χ0n) is 16.7. The summed E-state index contributed by atoms with van der Waals surface area (Å²) < 4.78 is 11.6. The van der Waals surface area contributed by atoms with Gasteiger partial charge >= 0.3 is 0 Å². The van der Waals surface area contributed by atoms with Crippen molar-refractivity contribution in [2.75, 3.05) is 19.8 Å². The molecule has 148 valence electrons. The summed E-state index contributed by atoms with van der Waals surface area (Å²) in [6.45, 7) is 9.69. The number of hydrogen-bond acceptors (Lipinski definition) is 5. The Bertz CT molecular complexity index is 531. The number of aliphatic hydroxyl groups is 1. The average Bonchev–Trinajstić information content (AvgIpc) is 2.58. The molecule has 5 heteroatoms. The summed E-state index contributed by atoms with van der Waals surface area (Å²) >= 11 is 0. The highest BCUT2D eigenvalue weighted by Crippen LogP contribution is 2.22. The number of carbonyl (C=O) groups is 1. The number of carbonyl (C=O) groups excluding carboxylic acids is 1.